The molecule has 5 rings (SSSR count). The monoisotopic (exact) mass is 463 g/mol. The van der Waals surface area contributed by atoms with Crippen molar-refractivity contribution >= 4 is 39.4 Å². The molecule has 0 bridgehead atoms. The number of carbonyl (C=O) groups excluding carboxylic acids is 1. The number of thiophene rings is 2. The van der Waals surface area contributed by atoms with Crippen molar-refractivity contribution in [1.29, 1.82) is 5.26 Å². The second-order valence-electron chi connectivity index (χ2n) is 7.48. The van der Waals surface area contributed by atoms with Gasteiger partial charge in [0.15, 0.2) is 6.04 Å². The van der Waals surface area contributed by atoms with Crippen molar-refractivity contribution in [2.24, 2.45) is 0 Å². The number of aromatic nitrogens is 2. The molecule has 31 heavy (non-hydrogen) atoms. The van der Waals surface area contributed by atoms with Crippen LogP contribution >= 0.6 is 22.7 Å². The average Bonchev–Trinajstić information content (AvgIpc) is 3.49. The molecule has 11 heteroatoms. The van der Waals surface area contributed by atoms with Crippen LogP contribution in [0.5, 0.6) is 0 Å². The Labute approximate surface area is 183 Å². The highest BCUT2D eigenvalue weighted by Gasteiger charge is 2.47. The maximum atomic E-state index is 13.8. The number of hydrogen-bond donors (Lipinski definition) is 2. The van der Waals surface area contributed by atoms with Crippen molar-refractivity contribution in [1.82, 2.24) is 9.78 Å². The van der Waals surface area contributed by atoms with E-state index < -0.39 is 24.2 Å². The van der Waals surface area contributed by atoms with Gasteiger partial charge in [0.25, 0.3) is 5.91 Å². The lowest BCUT2D eigenvalue weighted by molar-refractivity contribution is -0.173. The third kappa shape index (κ3) is 3.40. The predicted molar refractivity (Wildman–Crippen MR) is 112 cm³/mol. The van der Waals surface area contributed by atoms with Crippen LogP contribution in [0.15, 0.2) is 23.7 Å². The molecule has 1 aliphatic carbocycles. The summed E-state index contributed by atoms with van der Waals surface area (Å²) in [5, 5.41) is 21.5. The maximum Gasteiger partial charge on any atom is 0.410 e. The maximum absolute atomic E-state index is 13.8. The molecule has 6 nitrogen and oxygen atoms in total. The van der Waals surface area contributed by atoms with Crippen molar-refractivity contribution in [3.05, 3.63) is 50.2 Å². The molecule has 160 valence electrons. The first kappa shape index (κ1) is 20.1. The lowest BCUT2D eigenvalue weighted by Crippen LogP contribution is -2.36. The van der Waals surface area contributed by atoms with Gasteiger partial charge in [-0.2, -0.15) is 23.5 Å². The van der Waals surface area contributed by atoms with Gasteiger partial charge in [-0.3, -0.25) is 4.79 Å². The number of fused-ring (bicyclic) bond motifs is 2. The van der Waals surface area contributed by atoms with E-state index in [1.165, 1.54) is 22.7 Å². The zero-order chi connectivity index (χ0) is 21.8. The lowest BCUT2D eigenvalue weighted by atomic mass is 10.0. The largest absolute Gasteiger partial charge is 0.410 e. The second kappa shape index (κ2) is 7.39. The van der Waals surface area contributed by atoms with Crippen LogP contribution in [-0.4, -0.2) is 21.9 Å². The van der Waals surface area contributed by atoms with E-state index in [1.807, 2.05) is 0 Å². The number of aryl methyl sites for hydroxylation is 1. The minimum Gasteiger partial charge on any atom is -0.362 e. The van der Waals surface area contributed by atoms with Crippen LogP contribution in [0, 0.1) is 11.3 Å². The molecule has 0 aromatic carbocycles. The summed E-state index contributed by atoms with van der Waals surface area (Å²) in [5.74, 6) is -0.551. The Morgan fingerprint density at radius 3 is 2.94 bits per heavy atom. The Kier molecular flexibility index (Phi) is 4.79. The molecule has 0 spiro atoms. The molecule has 2 atom stereocenters. The molecule has 3 aromatic rings. The fraction of sp³-hybridized carbons (Fsp3) is 0.350. The summed E-state index contributed by atoms with van der Waals surface area (Å²) in [7, 11) is 0. The predicted octanol–water partition coefficient (Wildman–Crippen LogP) is 5.28. The van der Waals surface area contributed by atoms with Crippen LogP contribution in [0.1, 0.15) is 56.2 Å². The van der Waals surface area contributed by atoms with Gasteiger partial charge in [0.1, 0.15) is 22.5 Å². The van der Waals surface area contributed by atoms with E-state index >= 15 is 0 Å². The molecule has 4 heterocycles. The molecule has 2 aliphatic rings. The van der Waals surface area contributed by atoms with E-state index in [0.29, 0.717) is 10.6 Å². The highest BCUT2D eigenvalue weighted by atomic mass is 32.1. The number of carbonyl (C=O) groups is 1. The van der Waals surface area contributed by atoms with Gasteiger partial charge in [-0.1, -0.05) is 6.07 Å². The normalized spacial score (nSPS) is 19.9. The van der Waals surface area contributed by atoms with Gasteiger partial charge in [-0.05, 0) is 36.3 Å². The molecule has 1 aliphatic heterocycles. The van der Waals surface area contributed by atoms with E-state index in [4.69, 9.17) is 0 Å². The van der Waals surface area contributed by atoms with Gasteiger partial charge in [0.05, 0.1) is 17.8 Å². The zero-order valence-corrected chi connectivity index (χ0v) is 17.6. The van der Waals surface area contributed by atoms with Crippen molar-refractivity contribution in [2.75, 3.05) is 10.6 Å². The first-order valence-corrected chi connectivity index (χ1v) is 11.4. The fourth-order valence-electron chi connectivity index (χ4n) is 4.19. The van der Waals surface area contributed by atoms with Gasteiger partial charge >= 0.3 is 6.18 Å². The van der Waals surface area contributed by atoms with Gasteiger partial charge in [0, 0.05) is 16.2 Å². The van der Waals surface area contributed by atoms with Crippen molar-refractivity contribution in [2.45, 2.75) is 43.9 Å². The molecular formula is C20H16F3N5OS2. The first-order chi connectivity index (χ1) is 14.9. The SMILES string of the molecule is N#Cc1c(NC(=O)c2cnn3c2N[C@@H](c2cccs2)C[C@H]3C(F)(F)F)sc2c1CCC2. The van der Waals surface area contributed by atoms with Crippen LogP contribution in [0.2, 0.25) is 0 Å². The number of nitrogens with zero attached hydrogens (tertiary/aromatic N) is 3. The highest BCUT2D eigenvalue weighted by molar-refractivity contribution is 7.16. The number of anilines is 2. The number of alkyl halides is 3. The standard InChI is InChI=1S/C20H16F3N5OS2/c21-20(22,23)16-7-13(15-5-2-6-30-15)26-17-12(9-25-28(16)17)18(29)27-19-11(8-24)10-3-1-4-14(10)31-19/h2,5-6,9,13,16,26H,1,3-4,7H2,(H,27,29)/t13-,16+/m1/s1. The Morgan fingerprint density at radius 2 is 2.23 bits per heavy atom. The highest BCUT2D eigenvalue weighted by Crippen LogP contribution is 2.45. The molecule has 0 fully saturated rings. The van der Waals surface area contributed by atoms with Gasteiger partial charge in [0.2, 0.25) is 0 Å². The van der Waals surface area contributed by atoms with Crippen molar-refractivity contribution in [3.8, 4) is 6.07 Å². The van der Waals surface area contributed by atoms with Gasteiger partial charge < -0.3 is 10.6 Å². The topological polar surface area (TPSA) is 82.7 Å². The fourth-order valence-corrected chi connectivity index (χ4v) is 6.21. The number of nitriles is 1. The second-order valence-corrected chi connectivity index (χ2v) is 9.57. The third-order valence-corrected chi connectivity index (χ3v) is 7.82. The number of hydrogen-bond acceptors (Lipinski definition) is 6. The van der Waals surface area contributed by atoms with Crippen LogP contribution in [-0.2, 0) is 12.8 Å². The summed E-state index contributed by atoms with van der Waals surface area (Å²) in [6.07, 6.45) is -0.921. The summed E-state index contributed by atoms with van der Waals surface area (Å²) in [6, 6.07) is 3.29. The van der Waals surface area contributed by atoms with Crippen LogP contribution in [0.3, 0.4) is 0 Å². The van der Waals surface area contributed by atoms with E-state index in [-0.39, 0.29) is 17.8 Å². The van der Waals surface area contributed by atoms with Crippen LogP contribution in [0.4, 0.5) is 24.0 Å². The lowest BCUT2D eigenvalue weighted by Gasteiger charge is -2.33. The van der Waals surface area contributed by atoms with Crippen molar-refractivity contribution in [3.63, 3.8) is 0 Å². The molecule has 1 amide bonds. The molecule has 2 N–H and O–H groups in total. The first-order valence-electron chi connectivity index (χ1n) is 9.67. The Morgan fingerprint density at radius 1 is 1.39 bits per heavy atom. The van der Waals surface area contributed by atoms with Crippen LogP contribution < -0.4 is 10.6 Å². The molecule has 0 saturated carbocycles. The number of halogens is 3. The number of nitrogens with one attached hydrogen (secondary N) is 2. The smallest absolute Gasteiger partial charge is 0.362 e. The Hall–Kier alpha value is -2.84. The zero-order valence-electron chi connectivity index (χ0n) is 16.0. The molecular weight excluding hydrogens is 447 g/mol. The van der Waals surface area contributed by atoms with E-state index in [1.54, 1.807) is 17.5 Å². The molecule has 0 unspecified atom stereocenters. The summed E-state index contributed by atoms with van der Waals surface area (Å²) >= 11 is 2.72. The molecule has 0 radical (unpaired) electrons. The molecule has 0 saturated heterocycles. The third-order valence-electron chi connectivity index (χ3n) is 5.63. The average molecular weight is 464 g/mol. The van der Waals surface area contributed by atoms with Gasteiger partial charge in [-0.25, -0.2) is 4.68 Å². The minimum absolute atomic E-state index is 0.0213. The summed E-state index contributed by atoms with van der Waals surface area (Å²) in [5.41, 5.74) is 1.44. The van der Waals surface area contributed by atoms with Crippen molar-refractivity contribution < 1.29 is 18.0 Å². The van der Waals surface area contributed by atoms with E-state index in [2.05, 4.69) is 21.8 Å². The van der Waals surface area contributed by atoms with Crippen LogP contribution in [0.25, 0.3) is 0 Å². The van der Waals surface area contributed by atoms with E-state index in [0.717, 1.165) is 45.5 Å². The minimum atomic E-state index is -4.51. The Balaban J connectivity index is 1.49. The summed E-state index contributed by atoms with van der Waals surface area (Å²) in [4.78, 5) is 14.8. The van der Waals surface area contributed by atoms with Gasteiger partial charge in [-0.15, -0.1) is 22.7 Å². The number of amides is 1. The number of rotatable bonds is 3. The summed E-state index contributed by atoms with van der Waals surface area (Å²) < 4.78 is 42.1. The van der Waals surface area contributed by atoms with E-state index in [9.17, 15) is 23.2 Å². The summed E-state index contributed by atoms with van der Waals surface area (Å²) in [6.45, 7) is 0. The Bertz CT molecular complexity index is 1190. The quantitative estimate of drug-likeness (QED) is 0.554. The molecule has 3 aromatic heterocycles.